The third kappa shape index (κ3) is 4.47. The van der Waals surface area contributed by atoms with Gasteiger partial charge in [-0.25, -0.2) is 4.68 Å². The van der Waals surface area contributed by atoms with Crippen LogP contribution in [0.4, 0.5) is 5.69 Å². The average molecular weight is 330 g/mol. The van der Waals surface area contributed by atoms with Crippen molar-refractivity contribution in [3.8, 4) is 0 Å². The number of allylic oxidation sites excluding steroid dienone is 1. The zero-order valence-electron chi connectivity index (χ0n) is 11.3. The van der Waals surface area contributed by atoms with Gasteiger partial charge in [-0.2, -0.15) is 5.10 Å². The van der Waals surface area contributed by atoms with Gasteiger partial charge < -0.3 is 10.4 Å². The minimum atomic E-state index is -0.801. The number of halogens is 1. The van der Waals surface area contributed by atoms with Crippen LogP contribution in [-0.4, -0.2) is 27.0 Å². The first kappa shape index (κ1) is 15.9. The van der Waals surface area contributed by atoms with Crippen LogP contribution in [0.2, 0.25) is 0 Å². The number of nitrogens with zero attached hydrogens (tertiary/aromatic N) is 2. The highest BCUT2D eigenvalue weighted by Crippen LogP contribution is 2.19. The molecule has 1 rings (SSSR count). The molecule has 0 aromatic carbocycles. The maximum atomic E-state index is 11.9. The third-order valence-electron chi connectivity index (χ3n) is 2.74. The van der Waals surface area contributed by atoms with E-state index in [9.17, 15) is 9.90 Å². The molecule has 1 unspecified atom stereocenters. The fourth-order valence-electron chi connectivity index (χ4n) is 1.75. The minimum Gasteiger partial charge on any atom is -0.388 e. The van der Waals surface area contributed by atoms with E-state index in [0.717, 1.165) is 6.42 Å². The first-order valence-corrected chi connectivity index (χ1v) is 7.03. The number of anilines is 1. The Morgan fingerprint density at radius 1 is 1.68 bits per heavy atom. The molecule has 0 aliphatic carbocycles. The van der Waals surface area contributed by atoms with E-state index in [1.807, 2.05) is 6.92 Å². The smallest absolute Gasteiger partial charge is 0.283 e. The van der Waals surface area contributed by atoms with Crippen molar-refractivity contribution in [3.05, 3.63) is 33.7 Å². The topological polar surface area (TPSA) is 67.2 Å². The largest absolute Gasteiger partial charge is 0.388 e. The second-order valence-corrected chi connectivity index (χ2v) is 5.54. The quantitative estimate of drug-likeness (QED) is 0.752. The molecule has 0 saturated heterocycles. The summed E-state index contributed by atoms with van der Waals surface area (Å²) in [4.78, 5) is 11.9. The molecular weight excluding hydrogens is 310 g/mol. The molecule has 0 bridgehead atoms. The van der Waals surface area contributed by atoms with E-state index in [2.05, 4.69) is 32.9 Å². The van der Waals surface area contributed by atoms with E-state index in [1.54, 1.807) is 19.2 Å². The fourth-order valence-corrected chi connectivity index (χ4v) is 2.20. The fraction of sp³-hybridized carbons (Fsp3) is 0.538. The Balaban J connectivity index is 2.83. The zero-order chi connectivity index (χ0) is 14.5. The van der Waals surface area contributed by atoms with Gasteiger partial charge in [0.15, 0.2) is 0 Å². The normalized spacial score (nSPS) is 13.9. The van der Waals surface area contributed by atoms with Crippen molar-refractivity contribution in [2.45, 2.75) is 38.8 Å². The molecule has 106 valence electrons. The average Bonchev–Trinajstić information content (AvgIpc) is 2.34. The summed E-state index contributed by atoms with van der Waals surface area (Å²) in [6.07, 6.45) is 4.77. The summed E-state index contributed by atoms with van der Waals surface area (Å²) in [6, 6.07) is 0. The predicted molar refractivity (Wildman–Crippen MR) is 80.4 cm³/mol. The molecule has 0 saturated carbocycles. The third-order valence-corrected chi connectivity index (χ3v) is 3.50. The minimum absolute atomic E-state index is 0.222. The number of hydrogen-bond acceptors (Lipinski definition) is 4. The van der Waals surface area contributed by atoms with Crippen molar-refractivity contribution < 1.29 is 5.11 Å². The second kappa shape index (κ2) is 6.86. The summed E-state index contributed by atoms with van der Waals surface area (Å²) in [7, 11) is 0. The number of nitrogens with one attached hydrogen (secondary N) is 1. The van der Waals surface area contributed by atoms with Crippen LogP contribution in [0.15, 0.2) is 28.1 Å². The molecule has 1 aromatic heterocycles. The van der Waals surface area contributed by atoms with Crippen molar-refractivity contribution in [2.75, 3.05) is 11.9 Å². The van der Waals surface area contributed by atoms with Crippen molar-refractivity contribution >= 4 is 21.6 Å². The zero-order valence-corrected chi connectivity index (χ0v) is 12.9. The van der Waals surface area contributed by atoms with E-state index < -0.39 is 5.60 Å². The number of hydrogen-bond donors (Lipinski definition) is 2. The number of aliphatic hydroxyl groups is 1. The summed E-state index contributed by atoms with van der Waals surface area (Å²) in [5.74, 6) is 0. The van der Waals surface area contributed by atoms with Crippen molar-refractivity contribution in [1.29, 1.82) is 0 Å². The molecule has 0 radical (unpaired) electrons. The van der Waals surface area contributed by atoms with Gasteiger partial charge in [-0.15, -0.1) is 6.58 Å². The molecule has 1 atom stereocenters. The van der Waals surface area contributed by atoms with Gasteiger partial charge in [0, 0.05) is 6.54 Å². The van der Waals surface area contributed by atoms with E-state index in [0.29, 0.717) is 29.7 Å². The number of aromatic nitrogens is 2. The molecule has 2 N–H and O–H groups in total. The van der Waals surface area contributed by atoms with E-state index in [-0.39, 0.29) is 5.56 Å². The van der Waals surface area contributed by atoms with Crippen molar-refractivity contribution in [1.82, 2.24) is 9.78 Å². The molecule has 19 heavy (non-hydrogen) atoms. The van der Waals surface area contributed by atoms with Crippen molar-refractivity contribution in [2.24, 2.45) is 0 Å². The Labute approximate surface area is 121 Å². The lowest BCUT2D eigenvalue weighted by Gasteiger charge is -2.23. The van der Waals surface area contributed by atoms with Crippen LogP contribution in [0.1, 0.15) is 26.7 Å². The lowest BCUT2D eigenvalue weighted by atomic mass is 10.0. The standard InChI is InChI=1S/C13H20BrN3O2/c1-4-6-13(3,19)9-15-10-8-16-17(7-5-2)12(18)11(10)14/h5,8,15,19H,2,4,6-7,9H2,1,3H3. The van der Waals surface area contributed by atoms with Gasteiger partial charge in [0.05, 0.1) is 24.0 Å². The highest BCUT2D eigenvalue weighted by Gasteiger charge is 2.19. The Morgan fingerprint density at radius 3 is 2.95 bits per heavy atom. The lowest BCUT2D eigenvalue weighted by molar-refractivity contribution is 0.0636. The van der Waals surface area contributed by atoms with Crippen LogP contribution in [0.25, 0.3) is 0 Å². The van der Waals surface area contributed by atoms with Crippen LogP contribution in [0, 0.1) is 0 Å². The van der Waals surface area contributed by atoms with Gasteiger partial charge in [0.2, 0.25) is 0 Å². The molecule has 1 heterocycles. The van der Waals surface area contributed by atoms with Gasteiger partial charge in [-0.3, -0.25) is 4.79 Å². The van der Waals surface area contributed by atoms with Crippen molar-refractivity contribution in [3.63, 3.8) is 0 Å². The summed E-state index contributed by atoms with van der Waals surface area (Å²) in [5, 5.41) is 17.2. The van der Waals surface area contributed by atoms with E-state index in [1.165, 1.54) is 4.68 Å². The molecule has 0 amide bonds. The monoisotopic (exact) mass is 329 g/mol. The predicted octanol–water partition coefficient (Wildman–Crippen LogP) is 2.15. The summed E-state index contributed by atoms with van der Waals surface area (Å²) >= 11 is 3.26. The van der Waals surface area contributed by atoms with E-state index in [4.69, 9.17) is 0 Å². The Kier molecular flexibility index (Phi) is 5.75. The van der Waals surface area contributed by atoms with Crippen LogP contribution >= 0.6 is 15.9 Å². The molecule has 0 aliphatic rings. The Morgan fingerprint density at radius 2 is 2.37 bits per heavy atom. The molecule has 6 heteroatoms. The summed E-state index contributed by atoms with van der Waals surface area (Å²) in [5.41, 5.74) is -0.439. The molecular formula is C13H20BrN3O2. The van der Waals surface area contributed by atoms with E-state index >= 15 is 0 Å². The maximum Gasteiger partial charge on any atom is 0.283 e. The number of rotatable bonds is 7. The maximum absolute atomic E-state index is 11.9. The SMILES string of the molecule is C=CCn1ncc(NCC(C)(O)CCC)c(Br)c1=O. The Hall–Kier alpha value is -1.14. The van der Waals surface area contributed by atoms with Gasteiger partial charge in [-0.05, 0) is 29.3 Å². The molecule has 0 aliphatic heterocycles. The van der Waals surface area contributed by atoms with Gasteiger partial charge >= 0.3 is 0 Å². The van der Waals surface area contributed by atoms with Crippen LogP contribution in [-0.2, 0) is 6.54 Å². The van der Waals surface area contributed by atoms with Gasteiger partial charge in [-0.1, -0.05) is 19.4 Å². The molecule has 5 nitrogen and oxygen atoms in total. The highest BCUT2D eigenvalue weighted by atomic mass is 79.9. The summed E-state index contributed by atoms with van der Waals surface area (Å²) < 4.78 is 1.73. The molecule has 1 aromatic rings. The van der Waals surface area contributed by atoms with Crippen LogP contribution in [0.5, 0.6) is 0 Å². The lowest BCUT2D eigenvalue weighted by Crippen LogP contribution is -2.34. The second-order valence-electron chi connectivity index (χ2n) is 4.75. The van der Waals surface area contributed by atoms with Crippen LogP contribution < -0.4 is 10.9 Å². The molecule has 0 fully saturated rings. The van der Waals surface area contributed by atoms with Gasteiger partial charge in [0.25, 0.3) is 5.56 Å². The highest BCUT2D eigenvalue weighted by molar-refractivity contribution is 9.10. The van der Waals surface area contributed by atoms with Crippen LogP contribution in [0.3, 0.4) is 0 Å². The summed E-state index contributed by atoms with van der Waals surface area (Å²) in [6.45, 7) is 8.09. The van der Waals surface area contributed by atoms with Gasteiger partial charge in [0.1, 0.15) is 4.47 Å². The first-order valence-electron chi connectivity index (χ1n) is 6.24. The first-order chi connectivity index (χ1) is 8.91. The molecule has 0 spiro atoms. The Bertz CT molecular complexity index is 497.